The summed E-state index contributed by atoms with van der Waals surface area (Å²) in [7, 11) is 0. The average molecular weight is 519 g/mol. The lowest BCUT2D eigenvalue weighted by atomic mass is 9.89. The Balaban J connectivity index is 1.68. The summed E-state index contributed by atoms with van der Waals surface area (Å²) < 4.78 is 24.4. The number of rotatable bonds is 14. The van der Waals surface area contributed by atoms with Crippen molar-refractivity contribution in [2.75, 3.05) is 13.2 Å². The standard InChI is InChI=1S/C30H46O7/c1-2-3-6-13-23(36-29-16-9-11-20-34-29)18-19-25-24(14-7-4-5-8-15-28(32)33)26(31)22-27(25)37-30-17-10-12-21-35-30/h4,7,18-19,23-27,29-31H,5-6,8-17,20-22H2,1H3,(H,32,33)/t23-,24+,25+,26-,27+,29?,30?/m0/s1. The quantitative estimate of drug-likeness (QED) is 0.181. The SMILES string of the molecule is CC#CCC[C@@H](C=C[C@@H]1[C@@H](CC=CCCCC(=O)O)[C@@H](O)C[C@H]1OC1CCCCO1)OC1CCCCO1. The topological polar surface area (TPSA) is 94.5 Å². The Labute approximate surface area is 222 Å². The number of allylic oxidation sites excluding steroid dienone is 2. The van der Waals surface area contributed by atoms with Crippen molar-refractivity contribution < 1.29 is 34.0 Å². The molecule has 0 radical (unpaired) electrons. The van der Waals surface area contributed by atoms with Crippen LogP contribution in [0.1, 0.15) is 90.4 Å². The largest absolute Gasteiger partial charge is 0.481 e. The van der Waals surface area contributed by atoms with Gasteiger partial charge in [0.25, 0.3) is 0 Å². The molecule has 2 N–H and O–H groups in total. The molecule has 3 rings (SSSR count). The van der Waals surface area contributed by atoms with Crippen LogP contribution >= 0.6 is 0 Å². The number of aliphatic hydroxyl groups is 1. The lowest BCUT2D eigenvalue weighted by Gasteiger charge is -2.29. The minimum atomic E-state index is -0.768. The Hall–Kier alpha value is -1.69. The van der Waals surface area contributed by atoms with Gasteiger partial charge in [0.2, 0.25) is 0 Å². The highest BCUT2D eigenvalue weighted by atomic mass is 16.7. The van der Waals surface area contributed by atoms with E-state index in [1.165, 1.54) is 0 Å². The van der Waals surface area contributed by atoms with Crippen LogP contribution in [0.15, 0.2) is 24.3 Å². The lowest BCUT2D eigenvalue weighted by Crippen LogP contribution is -2.31. The van der Waals surface area contributed by atoms with E-state index < -0.39 is 12.1 Å². The van der Waals surface area contributed by atoms with Crippen LogP contribution in [0.4, 0.5) is 0 Å². The molecule has 7 nitrogen and oxygen atoms in total. The predicted molar refractivity (Wildman–Crippen MR) is 142 cm³/mol. The molecule has 1 aliphatic carbocycles. The maximum atomic E-state index is 11.0. The normalized spacial score (nSPS) is 31.4. The molecular weight excluding hydrogens is 472 g/mol. The number of unbranched alkanes of at least 4 members (excludes halogenated alkanes) is 1. The van der Waals surface area contributed by atoms with Crippen molar-refractivity contribution in [2.45, 2.75) is 121 Å². The van der Waals surface area contributed by atoms with E-state index in [-0.39, 0.29) is 43.0 Å². The monoisotopic (exact) mass is 518 g/mol. The number of carboxylic acids is 1. The van der Waals surface area contributed by atoms with E-state index in [2.05, 4.69) is 30.1 Å². The number of hydrogen-bond acceptors (Lipinski definition) is 6. The highest BCUT2D eigenvalue weighted by molar-refractivity contribution is 5.66. The van der Waals surface area contributed by atoms with Gasteiger partial charge in [-0.3, -0.25) is 4.79 Å². The number of carbonyl (C=O) groups is 1. The minimum absolute atomic E-state index is 0.0163. The summed E-state index contributed by atoms with van der Waals surface area (Å²) in [5.74, 6) is 5.38. The number of carboxylic acid groups (broad SMARTS) is 1. The van der Waals surface area contributed by atoms with Crippen molar-refractivity contribution in [1.29, 1.82) is 0 Å². The van der Waals surface area contributed by atoms with Gasteiger partial charge in [0.1, 0.15) is 0 Å². The molecule has 2 saturated heterocycles. The minimum Gasteiger partial charge on any atom is -0.481 e. The smallest absolute Gasteiger partial charge is 0.303 e. The van der Waals surface area contributed by atoms with Crippen LogP contribution in [0.2, 0.25) is 0 Å². The van der Waals surface area contributed by atoms with E-state index in [9.17, 15) is 9.90 Å². The zero-order chi connectivity index (χ0) is 26.3. The average Bonchev–Trinajstić information content (AvgIpc) is 3.19. The van der Waals surface area contributed by atoms with Crippen molar-refractivity contribution in [1.82, 2.24) is 0 Å². The molecule has 7 heteroatoms. The second-order valence-corrected chi connectivity index (χ2v) is 10.3. The molecular formula is C30H46O7. The molecule has 1 saturated carbocycles. The zero-order valence-corrected chi connectivity index (χ0v) is 22.4. The van der Waals surface area contributed by atoms with Gasteiger partial charge < -0.3 is 29.2 Å². The zero-order valence-electron chi connectivity index (χ0n) is 22.4. The molecule has 0 aromatic rings. The molecule has 0 spiro atoms. The van der Waals surface area contributed by atoms with Crippen molar-refractivity contribution in [3.05, 3.63) is 24.3 Å². The van der Waals surface area contributed by atoms with Crippen molar-refractivity contribution in [3.63, 3.8) is 0 Å². The van der Waals surface area contributed by atoms with Crippen LogP contribution in [0.25, 0.3) is 0 Å². The fraction of sp³-hybridized carbons (Fsp3) is 0.767. The van der Waals surface area contributed by atoms with Crippen molar-refractivity contribution in [3.8, 4) is 11.8 Å². The van der Waals surface area contributed by atoms with Crippen LogP contribution in [0, 0.1) is 23.7 Å². The Morgan fingerprint density at radius 3 is 2.54 bits per heavy atom. The molecule has 0 amide bonds. The van der Waals surface area contributed by atoms with Gasteiger partial charge in [0, 0.05) is 38.4 Å². The third kappa shape index (κ3) is 10.9. The van der Waals surface area contributed by atoms with E-state index in [0.717, 1.165) is 71.0 Å². The summed E-state index contributed by atoms with van der Waals surface area (Å²) in [6.45, 7) is 3.31. The van der Waals surface area contributed by atoms with Crippen LogP contribution in [-0.2, 0) is 23.7 Å². The van der Waals surface area contributed by atoms with Gasteiger partial charge in [-0.2, -0.15) is 0 Å². The predicted octanol–water partition coefficient (Wildman–Crippen LogP) is 5.37. The second-order valence-electron chi connectivity index (χ2n) is 10.3. The molecule has 208 valence electrons. The first-order valence-corrected chi connectivity index (χ1v) is 14.2. The Morgan fingerprint density at radius 1 is 1.11 bits per heavy atom. The molecule has 2 aliphatic heterocycles. The fourth-order valence-electron chi connectivity index (χ4n) is 5.40. The van der Waals surface area contributed by atoms with Gasteiger partial charge in [-0.05, 0) is 77.0 Å². The first kappa shape index (κ1) is 29.9. The first-order valence-electron chi connectivity index (χ1n) is 14.2. The van der Waals surface area contributed by atoms with Crippen LogP contribution in [-0.4, -0.2) is 60.3 Å². The van der Waals surface area contributed by atoms with Crippen LogP contribution in [0.5, 0.6) is 0 Å². The maximum absolute atomic E-state index is 11.0. The van der Waals surface area contributed by atoms with Gasteiger partial charge in [-0.1, -0.05) is 24.3 Å². The van der Waals surface area contributed by atoms with Crippen molar-refractivity contribution in [2.24, 2.45) is 11.8 Å². The Kier molecular flexibility index (Phi) is 13.7. The summed E-state index contributed by atoms with van der Waals surface area (Å²) in [6, 6.07) is 0. The highest BCUT2D eigenvalue weighted by Gasteiger charge is 2.42. The van der Waals surface area contributed by atoms with E-state index in [1.807, 2.05) is 13.0 Å². The van der Waals surface area contributed by atoms with Gasteiger partial charge >= 0.3 is 5.97 Å². The summed E-state index contributed by atoms with van der Waals surface area (Å²) >= 11 is 0. The second kappa shape index (κ2) is 17.0. The van der Waals surface area contributed by atoms with Gasteiger partial charge in [-0.25, -0.2) is 0 Å². The molecule has 3 aliphatic rings. The van der Waals surface area contributed by atoms with Gasteiger partial charge in [0.05, 0.1) is 18.3 Å². The molecule has 0 aromatic heterocycles. The van der Waals surface area contributed by atoms with E-state index >= 15 is 0 Å². The Morgan fingerprint density at radius 2 is 1.86 bits per heavy atom. The van der Waals surface area contributed by atoms with Crippen LogP contribution in [0.3, 0.4) is 0 Å². The van der Waals surface area contributed by atoms with E-state index in [0.29, 0.717) is 19.3 Å². The number of ether oxygens (including phenoxy) is 4. The third-order valence-corrected chi connectivity index (χ3v) is 7.44. The van der Waals surface area contributed by atoms with Gasteiger partial charge in [-0.15, -0.1) is 11.8 Å². The molecule has 2 unspecified atom stereocenters. The van der Waals surface area contributed by atoms with Gasteiger partial charge in [0.15, 0.2) is 12.6 Å². The van der Waals surface area contributed by atoms with E-state index in [4.69, 9.17) is 24.1 Å². The Bertz CT molecular complexity index is 771. The fourth-order valence-corrected chi connectivity index (χ4v) is 5.40. The number of aliphatic carboxylic acids is 1. The summed E-state index contributed by atoms with van der Waals surface area (Å²) in [4.78, 5) is 10.7. The summed E-state index contributed by atoms with van der Waals surface area (Å²) in [6.07, 6.45) is 17.8. The first-order chi connectivity index (χ1) is 18.1. The third-order valence-electron chi connectivity index (χ3n) is 7.44. The van der Waals surface area contributed by atoms with Crippen LogP contribution < -0.4 is 0 Å². The summed E-state index contributed by atoms with van der Waals surface area (Å²) in [5.41, 5.74) is 0. The van der Waals surface area contributed by atoms with E-state index in [1.54, 1.807) is 0 Å². The number of hydrogen-bond donors (Lipinski definition) is 2. The van der Waals surface area contributed by atoms with Crippen molar-refractivity contribution >= 4 is 5.97 Å². The molecule has 37 heavy (non-hydrogen) atoms. The molecule has 0 aromatic carbocycles. The highest BCUT2D eigenvalue weighted by Crippen LogP contribution is 2.39. The molecule has 3 fully saturated rings. The molecule has 2 heterocycles. The maximum Gasteiger partial charge on any atom is 0.303 e. The lowest BCUT2D eigenvalue weighted by molar-refractivity contribution is -0.193. The molecule has 7 atom stereocenters. The molecule has 0 bridgehead atoms. The number of aliphatic hydroxyl groups excluding tert-OH is 1. The summed E-state index contributed by atoms with van der Waals surface area (Å²) in [5, 5.41) is 19.8.